The van der Waals surface area contributed by atoms with Gasteiger partial charge >= 0.3 is 6.18 Å². The van der Waals surface area contributed by atoms with E-state index in [1.807, 2.05) is 0 Å². The average Bonchev–Trinajstić information content (AvgIpc) is 2.64. The van der Waals surface area contributed by atoms with Gasteiger partial charge in [0.1, 0.15) is 17.1 Å². The number of nitrogens with one attached hydrogen (secondary N) is 1. The molecule has 0 spiro atoms. The molecule has 0 saturated carbocycles. The Balaban J connectivity index is 2.00. The Hall–Kier alpha value is -3.27. The van der Waals surface area contributed by atoms with Crippen molar-refractivity contribution in [1.29, 1.82) is 0 Å². The number of anilines is 1. The van der Waals surface area contributed by atoms with Crippen LogP contribution < -0.4 is 10.1 Å². The topological polar surface area (TPSA) is 77.0 Å². The van der Waals surface area contributed by atoms with Crippen molar-refractivity contribution < 1.29 is 27.1 Å². The molecular formula is C17H9ClF4N4O2. The zero-order chi connectivity index (χ0) is 20.3. The van der Waals surface area contributed by atoms with Crippen LogP contribution in [0.3, 0.4) is 0 Å². The van der Waals surface area contributed by atoms with Gasteiger partial charge in [0.15, 0.2) is 5.69 Å². The van der Waals surface area contributed by atoms with Crippen molar-refractivity contribution in [3.8, 4) is 11.6 Å². The number of carbonyl (C=O) groups excluding carboxylic acids is 1. The lowest BCUT2D eigenvalue weighted by atomic mass is 10.2. The number of hydrogen-bond acceptors (Lipinski definition) is 5. The summed E-state index contributed by atoms with van der Waals surface area (Å²) in [5.41, 5.74) is -1.64. The highest BCUT2D eigenvalue weighted by Gasteiger charge is 2.35. The molecule has 6 nitrogen and oxygen atoms in total. The van der Waals surface area contributed by atoms with Crippen molar-refractivity contribution in [1.82, 2.24) is 15.2 Å². The van der Waals surface area contributed by atoms with Crippen LogP contribution >= 0.6 is 11.6 Å². The van der Waals surface area contributed by atoms with Gasteiger partial charge in [-0.3, -0.25) is 9.78 Å². The number of halogens is 5. The molecular weight excluding hydrogens is 404 g/mol. The van der Waals surface area contributed by atoms with Crippen molar-refractivity contribution in [3.05, 3.63) is 70.9 Å². The predicted molar refractivity (Wildman–Crippen MR) is 90.7 cm³/mol. The Morgan fingerprint density at radius 3 is 2.43 bits per heavy atom. The number of rotatable bonds is 4. The monoisotopic (exact) mass is 412 g/mol. The molecule has 0 aliphatic heterocycles. The van der Waals surface area contributed by atoms with E-state index in [0.717, 1.165) is 18.2 Å². The smallest absolute Gasteiger partial charge is 0.435 e. The van der Waals surface area contributed by atoms with Gasteiger partial charge in [-0.05, 0) is 36.4 Å². The lowest BCUT2D eigenvalue weighted by molar-refractivity contribution is -0.141. The van der Waals surface area contributed by atoms with Gasteiger partial charge in [-0.15, -0.1) is 10.2 Å². The number of amides is 1. The first-order valence-corrected chi connectivity index (χ1v) is 7.91. The fourth-order valence-corrected chi connectivity index (χ4v) is 2.26. The molecule has 0 saturated heterocycles. The maximum Gasteiger partial charge on any atom is 0.435 e. The number of pyridine rings is 1. The Morgan fingerprint density at radius 1 is 1.07 bits per heavy atom. The molecule has 0 unspecified atom stereocenters. The van der Waals surface area contributed by atoms with E-state index < -0.39 is 35.0 Å². The normalized spacial score (nSPS) is 11.2. The van der Waals surface area contributed by atoms with Crippen LogP contribution in [0.15, 0.2) is 48.8 Å². The second-order valence-corrected chi connectivity index (χ2v) is 5.72. The second-order valence-electron chi connectivity index (χ2n) is 5.31. The van der Waals surface area contributed by atoms with Gasteiger partial charge < -0.3 is 10.1 Å². The van der Waals surface area contributed by atoms with E-state index in [1.54, 1.807) is 0 Å². The lowest BCUT2D eigenvalue weighted by Gasteiger charge is -2.13. The Labute approximate surface area is 160 Å². The molecule has 3 aromatic rings. The summed E-state index contributed by atoms with van der Waals surface area (Å²) in [7, 11) is 0. The molecule has 2 heterocycles. The summed E-state index contributed by atoms with van der Waals surface area (Å²) >= 11 is 5.84. The number of nitrogens with zero attached hydrogens (tertiary/aromatic N) is 3. The van der Waals surface area contributed by atoms with E-state index in [1.165, 1.54) is 24.5 Å². The van der Waals surface area contributed by atoms with Crippen molar-refractivity contribution >= 4 is 23.2 Å². The third-order valence-corrected chi connectivity index (χ3v) is 3.63. The highest BCUT2D eigenvalue weighted by Crippen LogP contribution is 2.33. The second kappa shape index (κ2) is 7.77. The minimum Gasteiger partial charge on any atom is -0.435 e. The molecule has 3 rings (SSSR count). The molecule has 0 aliphatic carbocycles. The number of carbonyl (C=O) groups is 1. The molecule has 1 N–H and O–H groups in total. The number of aromatic nitrogens is 3. The highest BCUT2D eigenvalue weighted by molar-refractivity contribution is 6.32. The summed E-state index contributed by atoms with van der Waals surface area (Å²) < 4.78 is 57.4. The summed E-state index contributed by atoms with van der Waals surface area (Å²) in [5, 5.41) is 8.62. The van der Waals surface area contributed by atoms with E-state index in [9.17, 15) is 22.4 Å². The molecule has 28 heavy (non-hydrogen) atoms. The Bertz CT molecular complexity index is 1020. The average molecular weight is 413 g/mol. The van der Waals surface area contributed by atoms with E-state index >= 15 is 0 Å². The molecule has 0 aliphatic rings. The van der Waals surface area contributed by atoms with Crippen molar-refractivity contribution in [2.45, 2.75) is 6.18 Å². The quantitative estimate of drug-likeness (QED) is 0.627. The zero-order valence-electron chi connectivity index (χ0n) is 13.7. The van der Waals surface area contributed by atoms with Crippen LogP contribution in [0.4, 0.5) is 23.2 Å². The van der Waals surface area contributed by atoms with Crippen LogP contribution in [-0.4, -0.2) is 21.1 Å². The van der Waals surface area contributed by atoms with E-state index in [4.69, 9.17) is 16.3 Å². The fourth-order valence-electron chi connectivity index (χ4n) is 2.05. The zero-order valence-corrected chi connectivity index (χ0v) is 14.4. The first kappa shape index (κ1) is 19.5. The SMILES string of the molecule is O=C(Nc1ccncc1)c1cc(C(F)(F)F)nnc1Oc1ccc(F)cc1Cl. The van der Waals surface area contributed by atoms with Crippen LogP contribution in [0, 0.1) is 5.82 Å². The van der Waals surface area contributed by atoms with Gasteiger partial charge in [-0.2, -0.15) is 13.2 Å². The van der Waals surface area contributed by atoms with Gasteiger partial charge in [0.2, 0.25) is 0 Å². The molecule has 1 amide bonds. The first-order valence-electron chi connectivity index (χ1n) is 7.53. The Kier molecular flexibility index (Phi) is 5.41. The van der Waals surface area contributed by atoms with Crippen LogP contribution in [0.5, 0.6) is 11.6 Å². The molecule has 0 atom stereocenters. The van der Waals surface area contributed by atoms with Gasteiger partial charge in [-0.25, -0.2) is 4.39 Å². The molecule has 0 fully saturated rings. The third kappa shape index (κ3) is 4.52. The summed E-state index contributed by atoms with van der Waals surface area (Å²) in [5.74, 6) is -2.23. The van der Waals surface area contributed by atoms with Crippen LogP contribution in [0.2, 0.25) is 5.02 Å². The van der Waals surface area contributed by atoms with E-state index in [0.29, 0.717) is 6.07 Å². The van der Waals surface area contributed by atoms with Gasteiger partial charge in [0, 0.05) is 18.1 Å². The van der Waals surface area contributed by atoms with Gasteiger partial charge in [0.05, 0.1) is 5.02 Å². The number of hydrogen-bond donors (Lipinski definition) is 1. The van der Waals surface area contributed by atoms with Crippen LogP contribution in [-0.2, 0) is 6.18 Å². The number of alkyl halides is 3. The standard InChI is InChI=1S/C17H9ClF4N4O2/c18-12-7-9(19)1-2-13(12)28-16-11(8-14(25-26-16)17(20,21)22)15(27)24-10-3-5-23-6-4-10/h1-8H,(H,23,24,27). The molecule has 1 aromatic carbocycles. The maximum absolute atomic E-state index is 13.2. The summed E-state index contributed by atoms with van der Waals surface area (Å²) in [4.78, 5) is 16.3. The number of ether oxygens (including phenoxy) is 1. The van der Waals surface area contributed by atoms with Gasteiger partial charge in [-0.1, -0.05) is 11.6 Å². The number of benzene rings is 1. The third-order valence-electron chi connectivity index (χ3n) is 3.33. The van der Waals surface area contributed by atoms with Crippen molar-refractivity contribution in [3.63, 3.8) is 0 Å². The molecule has 11 heteroatoms. The highest BCUT2D eigenvalue weighted by atomic mass is 35.5. The molecule has 144 valence electrons. The Morgan fingerprint density at radius 2 is 1.79 bits per heavy atom. The molecule has 0 bridgehead atoms. The summed E-state index contributed by atoms with van der Waals surface area (Å²) in [6.07, 6.45) is -2.06. The van der Waals surface area contributed by atoms with E-state index in [-0.39, 0.29) is 16.5 Å². The van der Waals surface area contributed by atoms with Crippen LogP contribution in [0.25, 0.3) is 0 Å². The van der Waals surface area contributed by atoms with Crippen LogP contribution in [0.1, 0.15) is 16.1 Å². The van der Waals surface area contributed by atoms with Crippen molar-refractivity contribution in [2.75, 3.05) is 5.32 Å². The van der Waals surface area contributed by atoms with Crippen molar-refractivity contribution in [2.24, 2.45) is 0 Å². The first-order chi connectivity index (χ1) is 13.2. The fraction of sp³-hybridized carbons (Fsp3) is 0.0588. The minimum atomic E-state index is -4.83. The lowest BCUT2D eigenvalue weighted by Crippen LogP contribution is -2.17. The molecule has 2 aromatic heterocycles. The summed E-state index contributed by atoms with van der Waals surface area (Å²) in [6, 6.07) is 6.47. The largest absolute Gasteiger partial charge is 0.435 e. The summed E-state index contributed by atoms with van der Waals surface area (Å²) in [6.45, 7) is 0. The molecule has 0 radical (unpaired) electrons. The van der Waals surface area contributed by atoms with Gasteiger partial charge in [0.25, 0.3) is 11.8 Å². The maximum atomic E-state index is 13.2. The minimum absolute atomic E-state index is 0.116. The predicted octanol–water partition coefficient (Wildman–Crippen LogP) is 4.73. The van der Waals surface area contributed by atoms with E-state index in [2.05, 4.69) is 20.5 Å².